The van der Waals surface area contributed by atoms with E-state index in [9.17, 15) is 15.2 Å². The van der Waals surface area contributed by atoms with Crippen molar-refractivity contribution in [2.24, 2.45) is 0 Å². The van der Waals surface area contributed by atoms with Crippen molar-refractivity contribution in [1.29, 1.82) is 0 Å². The van der Waals surface area contributed by atoms with E-state index in [-0.39, 0.29) is 11.7 Å². The normalized spacial score (nSPS) is 21.2. The van der Waals surface area contributed by atoms with Gasteiger partial charge in [0.25, 0.3) is 5.69 Å². The minimum absolute atomic E-state index is 0.0240. The van der Waals surface area contributed by atoms with E-state index in [2.05, 4.69) is 4.98 Å². The molecule has 2 unspecified atom stereocenters. The summed E-state index contributed by atoms with van der Waals surface area (Å²) < 4.78 is 5.41. The second-order valence-corrected chi connectivity index (χ2v) is 4.64. The number of hydrogen-bond donors (Lipinski definition) is 1. The molecule has 1 fully saturated rings. The summed E-state index contributed by atoms with van der Waals surface area (Å²) in [6.45, 7) is 3.52. The van der Waals surface area contributed by atoms with Crippen LogP contribution in [0.3, 0.4) is 0 Å². The van der Waals surface area contributed by atoms with Crippen molar-refractivity contribution in [2.75, 3.05) is 24.7 Å². The highest BCUT2D eigenvalue weighted by Gasteiger charge is 2.25. The highest BCUT2D eigenvalue weighted by molar-refractivity contribution is 5.44. The van der Waals surface area contributed by atoms with Gasteiger partial charge in [0.15, 0.2) is 0 Å². The van der Waals surface area contributed by atoms with E-state index in [1.54, 1.807) is 13.0 Å². The van der Waals surface area contributed by atoms with E-state index in [1.807, 2.05) is 4.90 Å². The van der Waals surface area contributed by atoms with Gasteiger partial charge in [-0.25, -0.2) is 4.98 Å². The van der Waals surface area contributed by atoms with Crippen LogP contribution < -0.4 is 4.90 Å². The maximum absolute atomic E-state index is 10.6. The quantitative estimate of drug-likeness (QED) is 0.645. The summed E-state index contributed by atoms with van der Waals surface area (Å²) in [7, 11) is 0. The number of morpholine rings is 1. The summed E-state index contributed by atoms with van der Waals surface area (Å²) in [6, 6.07) is 3.12. The van der Waals surface area contributed by atoms with E-state index in [0.717, 1.165) is 0 Å². The summed E-state index contributed by atoms with van der Waals surface area (Å²) in [5, 5.41) is 20.1. The fraction of sp³-hybridized carbons (Fsp3) is 0.583. The predicted octanol–water partition coefficient (Wildman–Crippen LogP) is 0.966. The molecule has 0 saturated carbocycles. The Bertz CT molecular complexity index is 435. The number of aromatic nitrogens is 1. The molecule has 0 bridgehead atoms. The number of nitrogens with zero attached hydrogens (tertiary/aromatic N) is 3. The van der Waals surface area contributed by atoms with E-state index >= 15 is 0 Å². The zero-order valence-corrected chi connectivity index (χ0v) is 10.7. The maximum Gasteiger partial charge on any atom is 0.287 e. The van der Waals surface area contributed by atoms with Crippen LogP contribution in [0.1, 0.15) is 13.3 Å². The van der Waals surface area contributed by atoms with Crippen molar-refractivity contribution in [3.63, 3.8) is 0 Å². The number of aliphatic hydroxyl groups is 1. The van der Waals surface area contributed by atoms with Gasteiger partial charge >= 0.3 is 0 Å². The molecule has 2 heterocycles. The monoisotopic (exact) mass is 267 g/mol. The molecule has 2 rings (SSSR count). The molecule has 1 aromatic rings. The van der Waals surface area contributed by atoms with E-state index in [0.29, 0.717) is 32.0 Å². The van der Waals surface area contributed by atoms with Crippen LogP contribution in [0.2, 0.25) is 0 Å². The molecular formula is C12H17N3O4. The molecule has 2 atom stereocenters. The molecule has 1 aliphatic heterocycles. The Morgan fingerprint density at radius 3 is 3.05 bits per heavy atom. The van der Waals surface area contributed by atoms with Crippen LogP contribution in [0.25, 0.3) is 0 Å². The van der Waals surface area contributed by atoms with Crippen molar-refractivity contribution in [3.05, 3.63) is 28.4 Å². The summed E-state index contributed by atoms with van der Waals surface area (Å²) in [4.78, 5) is 16.3. The van der Waals surface area contributed by atoms with Gasteiger partial charge in [-0.1, -0.05) is 0 Å². The van der Waals surface area contributed by atoms with Gasteiger partial charge in [0.2, 0.25) is 0 Å². The fourth-order valence-corrected chi connectivity index (χ4v) is 2.20. The van der Waals surface area contributed by atoms with Crippen LogP contribution in [0, 0.1) is 10.1 Å². The molecule has 104 valence electrons. The molecule has 1 aliphatic rings. The minimum atomic E-state index is -0.469. The summed E-state index contributed by atoms with van der Waals surface area (Å²) in [6.07, 6.45) is 1.41. The number of rotatable bonds is 4. The molecule has 1 N–H and O–H groups in total. The lowest BCUT2D eigenvalue weighted by atomic mass is 10.1. The minimum Gasteiger partial charge on any atom is -0.393 e. The van der Waals surface area contributed by atoms with Crippen LogP contribution >= 0.6 is 0 Å². The zero-order chi connectivity index (χ0) is 13.8. The van der Waals surface area contributed by atoms with Crippen LogP contribution in [-0.2, 0) is 4.74 Å². The number of ether oxygens (including phenoxy) is 1. The molecule has 0 amide bonds. The van der Waals surface area contributed by atoms with Crippen molar-refractivity contribution >= 4 is 11.5 Å². The molecule has 0 radical (unpaired) electrons. The van der Waals surface area contributed by atoms with E-state index in [4.69, 9.17) is 4.74 Å². The van der Waals surface area contributed by atoms with Crippen LogP contribution in [0.5, 0.6) is 0 Å². The second-order valence-electron chi connectivity index (χ2n) is 4.64. The summed E-state index contributed by atoms with van der Waals surface area (Å²) >= 11 is 0. The average molecular weight is 267 g/mol. The molecule has 7 nitrogen and oxygen atoms in total. The number of nitro groups is 1. The molecule has 19 heavy (non-hydrogen) atoms. The first-order chi connectivity index (χ1) is 9.08. The molecule has 1 aromatic heterocycles. The predicted molar refractivity (Wildman–Crippen MR) is 69.1 cm³/mol. The summed E-state index contributed by atoms with van der Waals surface area (Å²) in [5.41, 5.74) is -0.0240. The Morgan fingerprint density at radius 1 is 1.68 bits per heavy atom. The lowest BCUT2D eigenvalue weighted by Crippen LogP contribution is -2.47. The van der Waals surface area contributed by atoms with Crippen LogP contribution in [-0.4, -0.2) is 46.9 Å². The Labute approximate surface area is 111 Å². The number of hydrogen-bond acceptors (Lipinski definition) is 6. The van der Waals surface area contributed by atoms with Gasteiger partial charge in [-0.3, -0.25) is 10.1 Å². The Balaban J connectivity index is 2.15. The van der Waals surface area contributed by atoms with Crippen molar-refractivity contribution in [3.8, 4) is 0 Å². The maximum atomic E-state index is 10.6. The Morgan fingerprint density at radius 2 is 2.47 bits per heavy atom. The third-order valence-corrected chi connectivity index (χ3v) is 3.08. The molecule has 0 aliphatic carbocycles. The number of aliphatic hydroxyl groups excluding tert-OH is 1. The SMILES string of the molecule is CC(O)CC1COCCN1c1ccc([N+](=O)[O-])cn1. The standard InChI is InChI=1S/C12H17N3O4/c1-9(16)6-11-8-19-5-4-14(11)12-3-2-10(7-13-12)15(17)18/h2-3,7,9,11,16H,4-6,8H2,1H3. The van der Waals surface area contributed by atoms with Crippen molar-refractivity contribution in [1.82, 2.24) is 4.98 Å². The molecular weight excluding hydrogens is 250 g/mol. The zero-order valence-electron chi connectivity index (χ0n) is 10.7. The van der Waals surface area contributed by atoms with Gasteiger partial charge in [0.05, 0.1) is 30.3 Å². The van der Waals surface area contributed by atoms with Gasteiger partial charge in [-0.05, 0) is 19.4 Å². The second kappa shape index (κ2) is 5.94. The molecule has 7 heteroatoms. The van der Waals surface area contributed by atoms with Gasteiger partial charge in [0, 0.05) is 12.6 Å². The fourth-order valence-electron chi connectivity index (χ4n) is 2.20. The Hall–Kier alpha value is -1.73. The molecule has 1 saturated heterocycles. The lowest BCUT2D eigenvalue weighted by Gasteiger charge is -2.37. The van der Waals surface area contributed by atoms with Gasteiger partial charge < -0.3 is 14.7 Å². The largest absolute Gasteiger partial charge is 0.393 e. The molecule has 0 spiro atoms. The topological polar surface area (TPSA) is 88.7 Å². The van der Waals surface area contributed by atoms with Gasteiger partial charge in [-0.2, -0.15) is 0 Å². The Kier molecular flexibility index (Phi) is 4.28. The van der Waals surface area contributed by atoms with E-state index in [1.165, 1.54) is 12.3 Å². The third-order valence-electron chi connectivity index (χ3n) is 3.08. The first-order valence-corrected chi connectivity index (χ1v) is 6.21. The van der Waals surface area contributed by atoms with Crippen molar-refractivity contribution in [2.45, 2.75) is 25.5 Å². The highest BCUT2D eigenvalue weighted by atomic mass is 16.6. The third kappa shape index (κ3) is 3.39. The average Bonchev–Trinajstić information content (AvgIpc) is 2.39. The smallest absolute Gasteiger partial charge is 0.287 e. The molecule has 0 aromatic carbocycles. The van der Waals surface area contributed by atoms with Gasteiger partial charge in [0.1, 0.15) is 12.0 Å². The highest BCUT2D eigenvalue weighted by Crippen LogP contribution is 2.22. The first kappa shape index (κ1) is 13.7. The first-order valence-electron chi connectivity index (χ1n) is 6.21. The lowest BCUT2D eigenvalue weighted by molar-refractivity contribution is -0.385. The van der Waals surface area contributed by atoms with E-state index < -0.39 is 11.0 Å². The van der Waals surface area contributed by atoms with Gasteiger partial charge in [-0.15, -0.1) is 0 Å². The number of pyridine rings is 1. The van der Waals surface area contributed by atoms with Crippen LogP contribution in [0.15, 0.2) is 18.3 Å². The van der Waals surface area contributed by atoms with Crippen molar-refractivity contribution < 1.29 is 14.8 Å². The summed E-state index contributed by atoms with van der Waals surface area (Å²) in [5.74, 6) is 0.680. The van der Waals surface area contributed by atoms with Crippen LogP contribution in [0.4, 0.5) is 11.5 Å². The number of anilines is 1.